The molecule has 3 nitrogen and oxygen atoms in total. The molecule has 2 rings (SSSR count). The minimum atomic E-state index is -0.269. The third-order valence-electron chi connectivity index (χ3n) is 2.14. The Morgan fingerprint density at radius 2 is 1.94 bits per heavy atom. The zero-order valence-corrected chi connectivity index (χ0v) is 10.1. The van der Waals surface area contributed by atoms with E-state index in [1.54, 1.807) is 19.9 Å². The summed E-state index contributed by atoms with van der Waals surface area (Å²) >= 11 is 5.78. The zero-order chi connectivity index (χ0) is 12.4. The highest BCUT2D eigenvalue weighted by Crippen LogP contribution is 2.23. The van der Waals surface area contributed by atoms with E-state index >= 15 is 0 Å². The molecular weight excluding hydrogens is 243 g/mol. The number of hydrogen-bond acceptors (Lipinski definition) is 3. The number of rotatable bonds is 2. The minimum Gasteiger partial charge on any atom is -0.439 e. The van der Waals surface area contributed by atoms with Crippen molar-refractivity contribution in [3.63, 3.8) is 0 Å². The van der Waals surface area contributed by atoms with Crippen LogP contribution in [-0.4, -0.2) is 9.97 Å². The van der Waals surface area contributed by atoms with E-state index in [0.29, 0.717) is 28.2 Å². The number of hydrogen-bond donors (Lipinski definition) is 0. The van der Waals surface area contributed by atoms with Crippen LogP contribution in [0, 0.1) is 19.7 Å². The Morgan fingerprint density at radius 3 is 2.59 bits per heavy atom. The van der Waals surface area contributed by atoms with Crippen LogP contribution in [0.15, 0.2) is 24.3 Å². The van der Waals surface area contributed by atoms with Crippen molar-refractivity contribution in [2.24, 2.45) is 0 Å². The first-order chi connectivity index (χ1) is 8.04. The van der Waals surface area contributed by atoms with E-state index in [4.69, 9.17) is 16.3 Å². The van der Waals surface area contributed by atoms with Crippen molar-refractivity contribution in [1.82, 2.24) is 9.97 Å². The average molecular weight is 253 g/mol. The second-order valence-corrected chi connectivity index (χ2v) is 3.98. The van der Waals surface area contributed by atoms with Crippen LogP contribution < -0.4 is 4.74 Å². The lowest BCUT2D eigenvalue weighted by Crippen LogP contribution is -1.94. The van der Waals surface area contributed by atoms with E-state index < -0.39 is 0 Å². The molecule has 1 heterocycles. The number of aryl methyl sites for hydroxylation is 2. The fraction of sp³-hybridized carbons (Fsp3) is 0.167. The van der Waals surface area contributed by atoms with Gasteiger partial charge in [-0.2, -0.15) is 4.98 Å². The van der Waals surface area contributed by atoms with Crippen LogP contribution in [-0.2, 0) is 0 Å². The highest BCUT2D eigenvalue weighted by atomic mass is 35.5. The fourth-order valence-corrected chi connectivity index (χ4v) is 1.57. The number of benzene rings is 1. The van der Waals surface area contributed by atoms with Crippen LogP contribution in [0.3, 0.4) is 0 Å². The first-order valence-corrected chi connectivity index (χ1v) is 5.37. The van der Waals surface area contributed by atoms with Crippen LogP contribution in [0.2, 0.25) is 5.15 Å². The van der Waals surface area contributed by atoms with Crippen molar-refractivity contribution in [2.45, 2.75) is 13.8 Å². The molecule has 88 valence electrons. The summed E-state index contributed by atoms with van der Waals surface area (Å²) in [5, 5.41) is 0.311. The van der Waals surface area contributed by atoms with Crippen molar-refractivity contribution >= 4 is 11.6 Å². The maximum absolute atomic E-state index is 13.1. The predicted octanol–water partition coefficient (Wildman–Crippen LogP) is 3.68. The molecule has 0 saturated heterocycles. The number of aromatic nitrogens is 2. The molecule has 0 aliphatic rings. The van der Waals surface area contributed by atoms with Gasteiger partial charge in [-0.25, -0.2) is 9.37 Å². The fourth-order valence-electron chi connectivity index (χ4n) is 1.36. The largest absolute Gasteiger partial charge is 0.439 e. The summed E-state index contributed by atoms with van der Waals surface area (Å²) in [4.78, 5) is 7.99. The normalized spacial score (nSPS) is 10.4. The second-order valence-electron chi connectivity index (χ2n) is 3.59. The molecule has 0 bridgehead atoms. The van der Waals surface area contributed by atoms with Crippen molar-refractivity contribution in [3.8, 4) is 11.6 Å². The molecule has 1 aromatic heterocycles. The van der Waals surface area contributed by atoms with Gasteiger partial charge in [0, 0.05) is 6.07 Å². The van der Waals surface area contributed by atoms with Gasteiger partial charge < -0.3 is 4.74 Å². The highest BCUT2D eigenvalue weighted by molar-refractivity contribution is 6.29. The lowest BCUT2D eigenvalue weighted by Gasteiger charge is -2.06. The monoisotopic (exact) mass is 252 g/mol. The predicted molar refractivity (Wildman–Crippen MR) is 63.0 cm³/mol. The Hall–Kier alpha value is -1.68. The second kappa shape index (κ2) is 4.67. The molecule has 0 amide bonds. The van der Waals surface area contributed by atoms with E-state index in [0.717, 1.165) is 0 Å². The van der Waals surface area contributed by atoms with Crippen LogP contribution in [0.1, 0.15) is 11.4 Å². The maximum atomic E-state index is 13.1. The molecular formula is C12H10ClFN2O. The first kappa shape index (κ1) is 11.8. The van der Waals surface area contributed by atoms with Crippen molar-refractivity contribution in [3.05, 3.63) is 46.6 Å². The van der Waals surface area contributed by atoms with Crippen molar-refractivity contribution in [1.29, 1.82) is 0 Å². The smallest absolute Gasteiger partial charge is 0.224 e. The topological polar surface area (TPSA) is 35.0 Å². The van der Waals surface area contributed by atoms with Crippen LogP contribution in [0.4, 0.5) is 4.39 Å². The van der Waals surface area contributed by atoms with E-state index in [-0.39, 0.29) is 5.82 Å². The molecule has 2 aromatic rings. The molecule has 0 aliphatic heterocycles. The number of nitrogens with zero attached hydrogens (tertiary/aromatic N) is 2. The molecule has 17 heavy (non-hydrogen) atoms. The Morgan fingerprint density at radius 1 is 1.18 bits per heavy atom. The molecule has 0 atom stereocenters. The van der Waals surface area contributed by atoms with Gasteiger partial charge >= 0.3 is 0 Å². The van der Waals surface area contributed by atoms with E-state index in [1.807, 2.05) is 0 Å². The Bertz CT molecular complexity index is 540. The Labute approximate surface area is 103 Å². The lowest BCUT2D eigenvalue weighted by atomic mass is 10.2. The summed E-state index contributed by atoms with van der Waals surface area (Å²) in [6.45, 7) is 3.38. The van der Waals surface area contributed by atoms with E-state index in [9.17, 15) is 4.39 Å². The van der Waals surface area contributed by atoms with Crippen molar-refractivity contribution in [2.75, 3.05) is 0 Å². The molecule has 0 unspecified atom stereocenters. The molecule has 1 aromatic carbocycles. The van der Waals surface area contributed by atoms with Crippen LogP contribution in [0.5, 0.6) is 11.6 Å². The van der Waals surface area contributed by atoms with Gasteiger partial charge in [0.15, 0.2) is 0 Å². The Balaban J connectivity index is 2.28. The SMILES string of the molecule is Cc1nc(Cl)cc(Oc2ccc(F)c(C)c2)n1. The molecule has 5 heteroatoms. The summed E-state index contributed by atoms with van der Waals surface area (Å²) < 4.78 is 18.5. The average Bonchev–Trinajstić information content (AvgIpc) is 2.22. The summed E-state index contributed by atoms with van der Waals surface area (Å²) in [6, 6.07) is 5.99. The van der Waals surface area contributed by atoms with Crippen molar-refractivity contribution < 1.29 is 9.13 Å². The molecule has 0 aliphatic carbocycles. The minimum absolute atomic E-state index is 0.269. The van der Waals surface area contributed by atoms with Gasteiger partial charge in [0.25, 0.3) is 0 Å². The van der Waals surface area contributed by atoms with Gasteiger partial charge in [-0.15, -0.1) is 0 Å². The molecule has 0 spiro atoms. The third-order valence-corrected chi connectivity index (χ3v) is 2.33. The zero-order valence-electron chi connectivity index (χ0n) is 9.37. The van der Waals surface area contributed by atoms with Crippen LogP contribution in [0.25, 0.3) is 0 Å². The lowest BCUT2D eigenvalue weighted by molar-refractivity contribution is 0.457. The van der Waals surface area contributed by atoms with E-state index in [2.05, 4.69) is 9.97 Å². The molecule has 0 fully saturated rings. The summed E-state index contributed by atoms with van der Waals surface area (Å²) in [5.41, 5.74) is 0.513. The quantitative estimate of drug-likeness (QED) is 0.765. The van der Waals surface area contributed by atoms with Gasteiger partial charge in [0.2, 0.25) is 5.88 Å². The van der Waals surface area contributed by atoms with Gasteiger partial charge in [-0.05, 0) is 37.6 Å². The summed E-state index contributed by atoms with van der Waals surface area (Å²) in [6.07, 6.45) is 0. The van der Waals surface area contributed by atoms with Gasteiger partial charge in [-0.1, -0.05) is 11.6 Å². The third kappa shape index (κ3) is 2.91. The molecule has 0 N–H and O–H groups in total. The van der Waals surface area contributed by atoms with Gasteiger partial charge in [0.05, 0.1) is 0 Å². The Kier molecular flexibility index (Phi) is 3.24. The highest BCUT2D eigenvalue weighted by Gasteiger charge is 2.04. The maximum Gasteiger partial charge on any atom is 0.224 e. The number of halogens is 2. The van der Waals surface area contributed by atoms with Crippen LogP contribution >= 0.6 is 11.6 Å². The number of ether oxygens (including phenoxy) is 1. The first-order valence-electron chi connectivity index (χ1n) is 5.00. The summed E-state index contributed by atoms with van der Waals surface area (Å²) in [7, 11) is 0. The van der Waals surface area contributed by atoms with Gasteiger partial charge in [-0.3, -0.25) is 0 Å². The van der Waals surface area contributed by atoms with Gasteiger partial charge in [0.1, 0.15) is 22.5 Å². The summed E-state index contributed by atoms with van der Waals surface area (Å²) in [5.74, 6) is 1.10. The molecule has 0 saturated carbocycles. The van der Waals surface area contributed by atoms with E-state index in [1.165, 1.54) is 18.2 Å². The standard InChI is InChI=1S/C12H10ClFN2O/c1-7-5-9(3-4-10(7)14)17-12-6-11(13)15-8(2)16-12/h3-6H,1-2H3. The molecule has 0 radical (unpaired) electrons.